The van der Waals surface area contributed by atoms with Gasteiger partial charge in [-0.05, 0) is 31.7 Å². The SMILES string of the molecule is CCc1nc(N)nc(N2CCC3(CC2)C(=O)NC(=O)N3Cc2ccccc2)c1C. The number of aromatic nitrogens is 2. The van der Waals surface area contributed by atoms with Crippen molar-refractivity contribution in [1.82, 2.24) is 20.2 Å². The highest BCUT2D eigenvalue weighted by molar-refractivity contribution is 6.07. The second-order valence-corrected chi connectivity index (χ2v) is 7.68. The number of nitrogens with one attached hydrogen (secondary N) is 1. The van der Waals surface area contributed by atoms with E-state index in [1.165, 1.54) is 0 Å². The van der Waals surface area contributed by atoms with Gasteiger partial charge in [0.05, 0.1) is 5.69 Å². The molecule has 152 valence electrons. The summed E-state index contributed by atoms with van der Waals surface area (Å²) >= 11 is 0. The molecular weight excluding hydrogens is 368 g/mol. The molecule has 0 atom stereocenters. The molecule has 2 saturated heterocycles. The minimum atomic E-state index is -0.816. The van der Waals surface area contributed by atoms with Crippen molar-refractivity contribution in [3.05, 3.63) is 47.2 Å². The highest BCUT2D eigenvalue weighted by Gasteiger charge is 2.54. The first kappa shape index (κ1) is 19.2. The minimum absolute atomic E-state index is 0.203. The number of hydrogen-bond donors (Lipinski definition) is 2. The fourth-order valence-electron chi connectivity index (χ4n) is 4.39. The van der Waals surface area contributed by atoms with E-state index < -0.39 is 5.54 Å². The monoisotopic (exact) mass is 394 g/mol. The number of carbonyl (C=O) groups is 2. The Bertz CT molecular complexity index is 938. The summed E-state index contributed by atoms with van der Waals surface area (Å²) < 4.78 is 0. The number of nitrogens with zero attached hydrogens (tertiary/aromatic N) is 4. The molecule has 0 radical (unpaired) electrons. The molecule has 0 unspecified atom stereocenters. The van der Waals surface area contributed by atoms with Crippen molar-refractivity contribution in [3.8, 4) is 0 Å². The van der Waals surface area contributed by atoms with Crippen molar-refractivity contribution in [2.45, 2.75) is 45.2 Å². The average Bonchev–Trinajstić information content (AvgIpc) is 2.95. The van der Waals surface area contributed by atoms with Crippen LogP contribution in [0.1, 0.15) is 36.6 Å². The van der Waals surface area contributed by atoms with Gasteiger partial charge in [0.2, 0.25) is 5.95 Å². The van der Waals surface area contributed by atoms with Crippen LogP contribution in [0.4, 0.5) is 16.6 Å². The number of carbonyl (C=O) groups excluding carboxylic acids is 2. The summed E-state index contributed by atoms with van der Waals surface area (Å²) in [7, 11) is 0. The lowest BCUT2D eigenvalue weighted by atomic mass is 9.85. The summed E-state index contributed by atoms with van der Waals surface area (Å²) in [6.45, 7) is 5.70. The van der Waals surface area contributed by atoms with Gasteiger partial charge in [0, 0.05) is 25.2 Å². The number of rotatable bonds is 4. The van der Waals surface area contributed by atoms with E-state index in [-0.39, 0.29) is 17.9 Å². The van der Waals surface area contributed by atoms with Crippen LogP contribution in [0.15, 0.2) is 30.3 Å². The van der Waals surface area contributed by atoms with E-state index in [1.807, 2.05) is 44.2 Å². The number of imide groups is 1. The molecule has 2 aliphatic rings. The maximum Gasteiger partial charge on any atom is 0.325 e. The number of urea groups is 1. The highest BCUT2D eigenvalue weighted by atomic mass is 16.2. The molecule has 2 aromatic rings. The van der Waals surface area contributed by atoms with E-state index in [1.54, 1.807) is 4.90 Å². The number of piperidine rings is 1. The molecule has 1 aromatic heterocycles. The zero-order valence-corrected chi connectivity index (χ0v) is 16.8. The Kier molecular flexibility index (Phi) is 4.86. The zero-order valence-electron chi connectivity index (χ0n) is 16.8. The summed E-state index contributed by atoms with van der Waals surface area (Å²) in [6.07, 6.45) is 1.87. The topological polar surface area (TPSA) is 104 Å². The molecule has 0 bridgehead atoms. The first-order valence-corrected chi connectivity index (χ1v) is 9.99. The molecule has 0 aliphatic carbocycles. The van der Waals surface area contributed by atoms with E-state index in [0.29, 0.717) is 32.5 Å². The normalized spacial score (nSPS) is 18.4. The summed E-state index contributed by atoms with van der Waals surface area (Å²) in [5.41, 5.74) is 8.05. The van der Waals surface area contributed by atoms with Crippen molar-refractivity contribution in [3.63, 3.8) is 0 Å². The second-order valence-electron chi connectivity index (χ2n) is 7.68. The molecule has 8 nitrogen and oxygen atoms in total. The third-order valence-electron chi connectivity index (χ3n) is 6.05. The Morgan fingerprint density at radius 3 is 2.48 bits per heavy atom. The predicted octanol–water partition coefficient (Wildman–Crippen LogP) is 2.02. The second kappa shape index (κ2) is 7.35. The van der Waals surface area contributed by atoms with Crippen LogP contribution < -0.4 is 16.0 Å². The molecule has 1 aromatic carbocycles. The van der Waals surface area contributed by atoms with Crippen LogP contribution in [0, 0.1) is 6.92 Å². The largest absolute Gasteiger partial charge is 0.368 e. The molecule has 3 amide bonds. The van der Waals surface area contributed by atoms with Gasteiger partial charge in [-0.15, -0.1) is 0 Å². The zero-order chi connectivity index (χ0) is 20.6. The van der Waals surface area contributed by atoms with Gasteiger partial charge >= 0.3 is 6.03 Å². The van der Waals surface area contributed by atoms with Gasteiger partial charge < -0.3 is 15.5 Å². The molecule has 2 fully saturated rings. The summed E-state index contributed by atoms with van der Waals surface area (Å²) in [5, 5.41) is 2.52. The Hall–Kier alpha value is -3.16. The van der Waals surface area contributed by atoms with Crippen LogP contribution in [0.2, 0.25) is 0 Å². The number of nitrogens with two attached hydrogens (primary N) is 1. The third-order valence-corrected chi connectivity index (χ3v) is 6.05. The Morgan fingerprint density at radius 2 is 1.83 bits per heavy atom. The maximum atomic E-state index is 12.8. The fraction of sp³-hybridized carbons (Fsp3) is 0.429. The average molecular weight is 394 g/mol. The highest BCUT2D eigenvalue weighted by Crippen LogP contribution is 2.36. The first-order valence-electron chi connectivity index (χ1n) is 9.99. The van der Waals surface area contributed by atoms with E-state index >= 15 is 0 Å². The lowest BCUT2D eigenvalue weighted by Gasteiger charge is -2.43. The summed E-state index contributed by atoms with van der Waals surface area (Å²) in [4.78, 5) is 37.9. The molecule has 2 aliphatic heterocycles. The standard InChI is InChI=1S/C21H26N6O2/c1-3-16-14(2)17(24-19(22)23-16)26-11-9-21(10-12-26)18(28)25-20(29)27(21)13-15-7-5-4-6-8-15/h4-8H,3,9-13H2,1-2H3,(H2,22,23,24)(H,25,28,29). The number of benzene rings is 1. The number of nitrogen functional groups attached to an aromatic ring is 1. The minimum Gasteiger partial charge on any atom is -0.368 e. The molecule has 0 saturated carbocycles. The van der Waals surface area contributed by atoms with Crippen molar-refractivity contribution < 1.29 is 9.59 Å². The van der Waals surface area contributed by atoms with Gasteiger partial charge in [-0.3, -0.25) is 10.1 Å². The van der Waals surface area contributed by atoms with Gasteiger partial charge in [-0.2, -0.15) is 4.98 Å². The summed E-state index contributed by atoms with van der Waals surface area (Å²) in [6, 6.07) is 9.44. The maximum absolute atomic E-state index is 12.8. The van der Waals surface area contributed by atoms with Gasteiger partial charge in [-0.25, -0.2) is 9.78 Å². The fourth-order valence-corrected chi connectivity index (χ4v) is 4.39. The van der Waals surface area contributed by atoms with Crippen LogP contribution in [-0.2, 0) is 17.8 Å². The Labute approximate surface area is 170 Å². The van der Waals surface area contributed by atoms with Gasteiger partial charge in [0.25, 0.3) is 5.91 Å². The lowest BCUT2D eigenvalue weighted by Crippen LogP contribution is -2.56. The number of aryl methyl sites for hydroxylation is 1. The van der Waals surface area contributed by atoms with E-state index in [2.05, 4.69) is 20.2 Å². The van der Waals surface area contributed by atoms with Crippen LogP contribution in [-0.4, -0.2) is 45.4 Å². The van der Waals surface area contributed by atoms with Crippen LogP contribution >= 0.6 is 0 Å². The van der Waals surface area contributed by atoms with Crippen molar-refractivity contribution in [2.75, 3.05) is 23.7 Å². The van der Waals surface area contributed by atoms with Gasteiger partial charge in [0.1, 0.15) is 11.4 Å². The molecule has 29 heavy (non-hydrogen) atoms. The van der Waals surface area contributed by atoms with Crippen molar-refractivity contribution >= 4 is 23.7 Å². The van der Waals surface area contributed by atoms with Crippen LogP contribution in [0.25, 0.3) is 0 Å². The van der Waals surface area contributed by atoms with Crippen LogP contribution in [0.5, 0.6) is 0 Å². The molecular formula is C21H26N6O2. The molecule has 8 heteroatoms. The predicted molar refractivity (Wildman–Crippen MR) is 110 cm³/mol. The number of anilines is 2. The van der Waals surface area contributed by atoms with E-state index in [4.69, 9.17) is 5.73 Å². The Balaban J connectivity index is 1.57. The molecule has 3 N–H and O–H groups in total. The smallest absolute Gasteiger partial charge is 0.325 e. The summed E-state index contributed by atoms with van der Waals surface area (Å²) in [5.74, 6) is 0.886. The van der Waals surface area contributed by atoms with Gasteiger partial charge in [-0.1, -0.05) is 37.3 Å². The molecule has 1 spiro atoms. The van der Waals surface area contributed by atoms with Crippen molar-refractivity contribution in [2.24, 2.45) is 0 Å². The first-order chi connectivity index (χ1) is 13.9. The van der Waals surface area contributed by atoms with Gasteiger partial charge in [0.15, 0.2) is 0 Å². The molecule has 3 heterocycles. The quantitative estimate of drug-likeness (QED) is 0.769. The lowest BCUT2D eigenvalue weighted by molar-refractivity contribution is -0.127. The van der Waals surface area contributed by atoms with E-state index in [9.17, 15) is 9.59 Å². The van der Waals surface area contributed by atoms with E-state index in [0.717, 1.165) is 29.1 Å². The van der Waals surface area contributed by atoms with Crippen molar-refractivity contribution in [1.29, 1.82) is 0 Å². The van der Waals surface area contributed by atoms with Crippen LogP contribution in [0.3, 0.4) is 0 Å². The number of amides is 3. The number of hydrogen-bond acceptors (Lipinski definition) is 6. The Morgan fingerprint density at radius 1 is 1.14 bits per heavy atom. The molecule has 4 rings (SSSR count). The third kappa shape index (κ3) is 3.28.